The standard InChI is InChI=1S/C18H21N7O/c1-14-6-5-7-15(21-14)10-12-19-18(26)20-13-11-17-22-23-24-25(17)16-8-3-2-4-9-16/h2-9H,10-13H2,1H3,(H2,19,20,26). The first-order valence-electron chi connectivity index (χ1n) is 8.49. The Kier molecular flexibility index (Phi) is 5.87. The van der Waals surface area contributed by atoms with Crippen LogP contribution in [0.3, 0.4) is 0 Å². The van der Waals surface area contributed by atoms with Crippen molar-refractivity contribution >= 4 is 6.03 Å². The number of carbonyl (C=O) groups is 1. The Hall–Kier alpha value is -3.29. The molecule has 0 fully saturated rings. The number of aryl methyl sites for hydroxylation is 1. The summed E-state index contributed by atoms with van der Waals surface area (Å²) in [7, 11) is 0. The zero-order chi connectivity index (χ0) is 18.2. The second kappa shape index (κ2) is 8.70. The van der Waals surface area contributed by atoms with Crippen LogP contribution in [-0.4, -0.2) is 44.3 Å². The van der Waals surface area contributed by atoms with E-state index in [9.17, 15) is 4.79 Å². The van der Waals surface area contributed by atoms with Gasteiger partial charge in [0, 0.05) is 37.3 Å². The number of hydrogen-bond acceptors (Lipinski definition) is 5. The number of amides is 2. The van der Waals surface area contributed by atoms with E-state index in [0.29, 0.717) is 31.8 Å². The minimum Gasteiger partial charge on any atom is -0.338 e. The number of nitrogens with zero attached hydrogens (tertiary/aromatic N) is 5. The molecule has 2 heterocycles. The summed E-state index contributed by atoms with van der Waals surface area (Å²) in [4.78, 5) is 16.3. The van der Waals surface area contributed by atoms with Crippen LogP contribution in [0.1, 0.15) is 17.2 Å². The lowest BCUT2D eigenvalue weighted by atomic mass is 10.2. The Morgan fingerprint density at radius 1 is 1.00 bits per heavy atom. The first kappa shape index (κ1) is 17.5. The van der Waals surface area contributed by atoms with Crippen molar-refractivity contribution in [3.63, 3.8) is 0 Å². The van der Waals surface area contributed by atoms with Crippen molar-refractivity contribution in [2.45, 2.75) is 19.8 Å². The second-order valence-electron chi connectivity index (χ2n) is 5.80. The van der Waals surface area contributed by atoms with Crippen molar-refractivity contribution in [2.24, 2.45) is 0 Å². The molecule has 0 aliphatic heterocycles. The van der Waals surface area contributed by atoms with Crippen molar-refractivity contribution in [3.05, 3.63) is 65.7 Å². The van der Waals surface area contributed by atoms with Crippen LogP contribution < -0.4 is 10.6 Å². The summed E-state index contributed by atoms with van der Waals surface area (Å²) >= 11 is 0. The number of hydrogen-bond donors (Lipinski definition) is 2. The van der Waals surface area contributed by atoms with Crippen LogP contribution in [-0.2, 0) is 12.8 Å². The Morgan fingerprint density at radius 3 is 2.54 bits per heavy atom. The summed E-state index contributed by atoms with van der Waals surface area (Å²) in [5.74, 6) is 0.695. The minimum absolute atomic E-state index is 0.212. The van der Waals surface area contributed by atoms with Gasteiger partial charge in [-0.3, -0.25) is 4.98 Å². The highest BCUT2D eigenvalue weighted by Crippen LogP contribution is 2.06. The molecule has 1 aromatic carbocycles. The lowest BCUT2D eigenvalue weighted by Crippen LogP contribution is -2.37. The molecular formula is C18H21N7O. The van der Waals surface area contributed by atoms with Crippen LogP contribution in [0.4, 0.5) is 4.79 Å². The minimum atomic E-state index is -0.212. The molecule has 8 heteroatoms. The van der Waals surface area contributed by atoms with Crippen LogP contribution in [0.15, 0.2) is 48.5 Å². The van der Waals surface area contributed by atoms with E-state index in [1.54, 1.807) is 4.68 Å². The number of nitrogens with one attached hydrogen (secondary N) is 2. The van der Waals surface area contributed by atoms with E-state index in [1.165, 1.54) is 0 Å². The van der Waals surface area contributed by atoms with Gasteiger partial charge in [0.25, 0.3) is 0 Å². The smallest absolute Gasteiger partial charge is 0.314 e. The van der Waals surface area contributed by atoms with Gasteiger partial charge in [-0.25, -0.2) is 4.79 Å². The number of pyridine rings is 1. The third-order valence-electron chi connectivity index (χ3n) is 3.78. The van der Waals surface area contributed by atoms with Gasteiger partial charge in [-0.2, -0.15) is 4.68 Å². The van der Waals surface area contributed by atoms with Crippen LogP contribution in [0.2, 0.25) is 0 Å². The zero-order valence-corrected chi connectivity index (χ0v) is 14.6. The molecule has 0 radical (unpaired) electrons. The zero-order valence-electron chi connectivity index (χ0n) is 14.6. The highest BCUT2D eigenvalue weighted by molar-refractivity contribution is 5.73. The largest absolute Gasteiger partial charge is 0.338 e. The van der Waals surface area contributed by atoms with Gasteiger partial charge in [0.1, 0.15) is 0 Å². The fourth-order valence-corrected chi connectivity index (χ4v) is 2.52. The SMILES string of the molecule is Cc1cccc(CCNC(=O)NCCc2nnnn2-c2ccccc2)n1. The molecule has 0 saturated carbocycles. The normalized spacial score (nSPS) is 10.5. The molecule has 2 aromatic heterocycles. The van der Waals surface area contributed by atoms with Gasteiger partial charge in [0.15, 0.2) is 5.82 Å². The topological polar surface area (TPSA) is 97.6 Å². The molecule has 2 N–H and O–H groups in total. The average molecular weight is 351 g/mol. The number of urea groups is 1. The summed E-state index contributed by atoms with van der Waals surface area (Å²) < 4.78 is 1.67. The number of aromatic nitrogens is 5. The van der Waals surface area contributed by atoms with Crippen molar-refractivity contribution in [3.8, 4) is 5.69 Å². The molecule has 134 valence electrons. The Labute approximate surface area is 151 Å². The maximum atomic E-state index is 11.9. The first-order chi connectivity index (χ1) is 12.7. The molecule has 0 aliphatic carbocycles. The average Bonchev–Trinajstić information content (AvgIpc) is 3.11. The van der Waals surface area contributed by atoms with Gasteiger partial charge >= 0.3 is 6.03 Å². The van der Waals surface area contributed by atoms with E-state index >= 15 is 0 Å². The molecule has 3 rings (SSSR count). The van der Waals surface area contributed by atoms with Crippen molar-refractivity contribution in [1.82, 2.24) is 35.8 Å². The van der Waals surface area contributed by atoms with Crippen LogP contribution >= 0.6 is 0 Å². The van der Waals surface area contributed by atoms with Crippen LogP contribution in [0.25, 0.3) is 5.69 Å². The van der Waals surface area contributed by atoms with E-state index in [-0.39, 0.29) is 6.03 Å². The Balaban J connectivity index is 1.41. The van der Waals surface area contributed by atoms with Crippen molar-refractivity contribution < 1.29 is 4.79 Å². The third kappa shape index (κ3) is 4.85. The molecule has 26 heavy (non-hydrogen) atoms. The van der Waals surface area contributed by atoms with Gasteiger partial charge in [-0.15, -0.1) is 5.10 Å². The maximum absolute atomic E-state index is 11.9. The highest BCUT2D eigenvalue weighted by atomic mass is 16.2. The summed E-state index contributed by atoms with van der Waals surface area (Å²) in [5, 5.41) is 17.4. The molecule has 2 amide bonds. The second-order valence-corrected chi connectivity index (χ2v) is 5.80. The van der Waals surface area contributed by atoms with E-state index < -0.39 is 0 Å². The molecule has 0 atom stereocenters. The predicted molar refractivity (Wildman–Crippen MR) is 96.9 cm³/mol. The van der Waals surface area contributed by atoms with Crippen LogP contribution in [0.5, 0.6) is 0 Å². The number of para-hydroxylation sites is 1. The first-order valence-corrected chi connectivity index (χ1v) is 8.49. The fraction of sp³-hybridized carbons (Fsp3) is 0.278. The van der Waals surface area contributed by atoms with Gasteiger partial charge in [0.2, 0.25) is 0 Å². The highest BCUT2D eigenvalue weighted by Gasteiger charge is 2.08. The molecule has 0 bridgehead atoms. The molecule has 3 aromatic rings. The fourth-order valence-electron chi connectivity index (χ4n) is 2.52. The van der Waals surface area contributed by atoms with Gasteiger partial charge < -0.3 is 10.6 Å². The Morgan fingerprint density at radius 2 is 1.77 bits per heavy atom. The number of carbonyl (C=O) groups excluding carboxylic acids is 1. The number of tetrazole rings is 1. The van der Waals surface area contributed by atoms with E-state index in [1.807, 2.05) is 55.5 Å². The molecule has 0 saturated heterocycles. The third-order valence-corrected chi connectivity index (χ3v) is 3.78. The van der Waals surface area contributed by atoms with E-state index in [2.05, 4.69) is 31.1 Å². The Bertz CT molecular complexity index is 848. The summed E-state index contributed by atoms with van der Waals surface area (Å²) in [6.07, 6.45) is 1.23. The summed E-state index contributed by atoms with van der Waals surface area (Å²) in [6, 6.07) is 15.3. The molecule has 0 spiro atoms. The lowest BCUT2D eigenvalue weighted by molar-refractivity contribution is 0.241. The quantitative estimate of drug-likeness (QED) is 0.671. The lowest BCUT2D eigenvalue weighted by Gasteiger charge is -2.08. The van der Waals surface area contributed by atoms with Gasteiger partial charge in [0.05, 0.1) is 5.69 Å². The molecule has 0 unspecified atom stereocenters. The molecule has 0 aliphatic rings. The van der Waals surface area contributed by atoms with Gasteiger partial charge in [-0.05, 0) is 41.6 Å². The summed E-state index contributed by atoms with van der Waals surface area (Å²) in [5.41, 5.74) is 2.83. The van der Waals surface area contributed by atoms with Crippen molar-refractivity contribution in [1.29, 1.82) is 0 Å². The maximum Gasteiger partial charge on any atom is 0.314 e. The number of benzene rings is 1. The number of rotatable bonds is 7. The van der Waals surface area contributed by atoms with Crippen molar-refractivity contribution in [2.75, 3.05) is 13.1 Å². The predicted octanol–water partition coefficient (Wildman–Crippen LogP) is 1.45. The molecule has 8 nitrogen and oxygen atoms in total. The molecular weight excluding hydrogens is 330 g/mol. The summed E-state index contributed by atoms with van der Waals surface area (Å²) in [6.45, 7) is 2.93. The van der Waals surface area contributed by atoms with E-state index in [4.69, 9.17) is 0 Å². The van der Waals surface area contributed by atoms with E-state index in [0.717, 1.165) is 17.1 Å². The van der Waals surface area contributed by atoms with Gasteiger partial charge in [-0.1, -0.05) is 24.3 Å². The monoisotopic (exact) mass is 351 g/mol. The van der Waals surface area contributed by atoms with Crippen LogP contribution in [0, 0.1) is 6.92 Å².